The molecular weight excluding hydrogens is 252 g/mol. The van der Waals surface area contributed by atoms with Crippen LogP contribution in [0.1, 0.15) is 5.56 Å². The van der Waals surface area contributed by atoms with Crippen molar-refractivity contribution in [2.24, 2.45) is 0 Å². The molecule has 0 saturated heterocycles. The zero-order valence-electron chi connectivity index (χ0n) is 10.7. The minimum Gasteiger partial charge on any atom is -0.456 e. The molecule has 0 aliphatic heterocycles. The third-order valence-electron chi connectivity index (χ3n) is 3.22. The van der Waals surface area contributed by atoms with Crippen LogP contribution < -0.4 is 5.43 Å². The fraction of sp³-hybridized carbons (Fsp3) is 0.0588. The highest BCUT2D eigenvalue weighted by molar-refractivity contribution is 5.81. The van der Waals surface area contributed by atoms with E-state index in [1.807, 2.05) is 36.4 Å². The van der Waals surface area contributed by atoms with Gasteiger partial charge in [0.2, 0.25) is 0 Å². The van der Waals surface area contributed by atoms with Gasteiger partial charge in [0.1, 0.15) is 17.6 Å². The molecule has 0 unspecified atom stereocenters. The lowest BCUT2D eigenvalue weighted by atomic mass is 10.0. The Hall–Kier alpha value is -2.68. The molecule has 20 heavy (non-hydrogen) atoms. The molecule has 1 heterocycles. The Bertz CT molecular complexity index is 817. The van der Waals surface area contributed by atoms with E-state index in [9.17, 15) is 9.59 Å². The molecule has 0 bridgehead atoms. The Morgan fingerprint density at radius 1 is 0.950 bits per heavy atom. The molecule has 3 heteroatoms. The molecule has 0 amide bonds. The fourth-order valence-corrected chi connectivity index (χ4v) is 2.27. The van der Waals surface area contributed by atoms with E-state index >= 15 is 0 Å². The topological polar surface area (TPSA) is 47.3 Å². The minimum atomic E-state index is -0.141. The van der Waals surface area contributed by atoms with Crippen molar-refractivity contribution in [3.8, 4) is 11.3 Å². The summed E-state index contributed by atoms with van der Waals surface area (Å²) in [6, 6.07) is 16.4. The van der Waals surface area contributed by atoms with Crippen molar-refractivity contribution >= 4 is 17.3 Å². The van der Waals surface area contributed by atoms with E-state index in [0.29, 0.717) is 22.3 Å². The van der Waals surface area contributed by atoms with E-state index in [1.165, 1.54) is 0 Å². The molecule has 0 saturated carbocycles. The molecule has 0 aliphatic carbocycles. The molecule has 0 aliphatic rings. The first kappa shape index (κ1) is 12.4. The van der Waals surface area contributed by atoms with Gasteiger partial charge >= 0.3 is 0 Å². The lowest BCUT2D eigenvalue weighted by molar-refractivity contribution is -0.107. The van der Waals surface area contributed by atoms with E-state index in [2.05, 4.69) is 0 Å². The SMILES string of the molecule is O=CCc1c(-c2ccccc2)oc2ccccc2c1=O. The first-order chi connectivity index (χ1) is 9.81. The van der Waals surface area contributed by atoms with Gasteiger partial charge in [-0.1, -0.05) is 42.5 Å². The van der Waals surface area contributed by atoms with Gasteiger partial charge < -0.3 is 9.21 Å². The van der Waals surface area contributed by atoms with Crippen molar-refractivity contribution in [1.82, 2.24) is 0 Å². The van der Waals surface area contributed by atoms with Gasteiger partial charge in [-0.2, -0.15) is 0 Å². The quantitative estimate of drug-likeness (QED) is 0.682. The second-order valence-corrected chi connectivity index (χ2v) is 4.47. The van der Waals surface area contributed by atoms with Gasteiger partial charge in [0.15, 0.2) is 5.43 Å². The van der Waals surface area contributed by atoms with Gasteiger partial charge in [-0.15, -0.1) is 0 Å². The summed E-state index contributed by atoms with van der Waals surface area (Å²) >= 11 is 0. The van der Waals surface area contributed by atoms with Crippen molar-refractivity contribution in [2.45, 2.75) is 6.42 Å². The van der Waals surface area contributed by atoms with Crippen LogP contribution in [0.15, 0.2) is 63.8 Å². The molecule has 0 radical (unpaired) electrons. The fourth-order valence-electron chi connectivity index (χ4n) is 2.27. The van der Waals surface area contributed by atoms with Crippen molar-refractivity contribution in [3.05, 3.63) is 70.4 Å². The number of hydrogen-bond acceptors (Lipinski definition) is 3. The maximum absolute atomic E-state index is 12.5. The maximum atomic E-state index is 12.5. The predicted octanol–water partition coefficient (Wildman–Crippen LogP) is 3.20. The van der Waals surface area contributed by atoms with Crippen LogP contribution in [-0.2, 0) is 11.2 Å². The summed E-state index contributed by atoms with van der Waals surface area (Å²) in [4.78, 5) is 23.4. The highest BCUT2D eigenvalue weighted by atomic mass is 16.3. The molecular formula is C17H12O3. The average molecular weight is 264 g/mol. The number of carbonyl (C=O) groups is 1. The zero-order chi connectivity index (χ0) is 13.9. The molecule has 0 atom stereocenters. The lowest BCUT2D eigenvalue weighted by Crippen LogP contribution is -2.11. The minimum absolute atomic E-state index is 0.0530. The summed E-state index contributed by atoms with van der Waals surface area (Å²) in [5, 5.41) is 0.504. The van der Waals surface area contributed by atoms with Crippen LogP contribution in [-0.4, -0.2) is 6.29 Å². The van der Waals surface area contributed by atoms with E-state index in [4.69, 9.17) is 4.42 Å². The Morgan fingerprint density at radius 2 is 1.65 bits per heavy atom. The molecule has 98 valence electrons. The van der Waals surface area contributed by atoms with Gasteiger partial charge in [-0.3, -0.25) is 4.79 Å². The average Bonchev–Trinajstić information content (AvgIpc) is 2.51. The number of para-hydroxylation sites is 1. The molecule has 2 aromatic carbocycles. The van der Waals surface area contributed by atoms with Crippen molar-refractivity contribution < 1.29 is 9.21 Å². The van der Waals surface area contributed by atoms with E-state index in [0.717, 1.165) is 11.8 Å². The lowest BCUT2D eigenvalue weighted by Gasteiger charge is -2.08. The van der Waals surface area contributed by atoms with Gasteiger partial charge in [-0.25, -0.2) is 0 Å². The smallest absolute Gasteiger partial charge is 0.196 e. The summed E-state index contributed by atoms with van der Waals surface area (Å²) in [6.45, 7) is 0. The Balaban J connectivity index is 2.38. The second-order valence-electron chi connectivity index (χ2n) is 4.47. The molecule has 1 aromatic heterocycles. The Kier molecular flexibility index (Phi) is 3.17. The zero-order valence-corrected chi connectivity index (χ0v) is 10.7. The van der Waals surface area contributed by atoms with Crippen LogP contribution in [0.4, 0.5) is 0 Å². The van der Waals surface area contributed by atoms with Crippen LogP contribution >= 0.6 is 0 Å². The number of benzene rings is 2. The maximum Gasteiger partial charge on any atom is 0.196 e. The third-order valence-corrected chi connectivity index (χ3v) is 3.22. The van der Waals surface area contributed by atoms with E-state index in [1.54, 1.807) is 18.2 Å². The molecule has 3 nitrogen and oxygen atoms in total. The van der Waals surface area contributed by atoms with Gasteiger partial charge in [0, 0.05) is 12.0 Å². The summed E-state index contributed by atoms with van der Waals surface area (Å²) in [7, 11) is 0. The summed E-state index contributed by atoms with van der Waals surface area (Å²) in [5.74, 6) is 0.474. The van der Waals surface area contributed by atoms with Crippen molar-refractivity contribution in [2.75, 3.05) is 0 Å². The van der Waals surface area contributed by atoms with Gasteiger partial charge in [0.05, 0.1) is 10.9 Å². The van der Waals surface area contributed by atoms with Crippen LogP contribution in [0.3, 0.4) is 0 Å². The van der Waals surface area contributed by atoms with Gasteiger partial charge in [-0.05, 0) is 12.1 Å². The Labute approximate surface area is 115 Å². The number of fused-ring (bicyclic) bond motifs is 1. The molecule has 0 spiro atoms. The first-order valence-corrected chi connectivity index (χ1v) is 6.35. The first-order valence-electron chi connectivity index (χ1n) is 6.35. The Morgan fingerprint density at radius 3 is 2.40 bits per heavy atom. The normalized spacial score (nSPS) is 10.6. The number of aldehydes is 1. The second kappa shape index (κ2) is 5.13. The number of rotatable bonds is 3. The van der Waals surface area contributed by atoms with Gasteiger partial charge in [0.25, 0.3) is 0 Å². The van der Waals surface area contributed by atoms with Crippen LogP contribution in [0.25, 0.3) is 22.3 Å². The van der Waals surface area contributed by atoms with Crippen molar-refractivity contribution in [3.63, 3.8) is 0 Å². The molecule has 0 fully saturated rings. The highest BCUT2D eigenvalue weighted by Gasteiger charge is 2.15. The van der Waals surface area contributed by atoms with Crippen LogP contribution in [0.2, 0.25) is 0 Å². The largest absolute Gasteiger partial charge is 0.456 e. The highest BCUT2D eigenvalue weighted by Crippen LogP contribution is 2.25. The summed E-state index contributed by atoms with van der Waals surface area (Å²) in [5.41, 5.74) is 1.60. The standard InChI is InChI=1S/C17H12O3/c18-11-10-14-16(19)13-8-4-5-9-15(13)20-17(14)12-6-2-1-3-7-12/h1-9,11H,10H2. The molecule has 3 rings (SSSR count). The predicted molar refractivity (Wildman–Crippen MR) is 77.7 cm³/mol. The molecule has 0 N–H and O–H groups in total. The summed E-state index contributed by atoms with van der Waals surface area (Å²) in [6.07, 6.45) is 0.783. The number of hydrogen-bond donors (Lipinski definition) is 0. The summed E-state index contributed by atoms with van der Waals surface area (Å²) < 4.78 is 5.85. The van der Waals surface area contributed by atoms with E-state index in [-0.39, 0.29) is 11.8 Å². The third kappa shape index (κ3) is 2.03. The van der Waals surface area contributed by atoms with Crippen molar-refractivity contribution in [1.29, 1.82) is 0 Å². The monoisotopic (exact) mass is 264 g/mol. The van der Waals surface area contributed by atoms with Crippen LogP contribution in [0, 0.1) is 0 Å². The molecule has 3 aromatic rings. The van der Waals surface area contributed by atoms with Crippen LogP contribution in [0.5, 0.6) is 0 Å². The van der Waals surface area contributed by atoms with E-state index < -0.39 is 0 Å². The number of carbonyl (C=O) groups excluding carboxylic acids is 1.